The van der Waals surface area contributed by atoms with Crippen molar-refractivity contribution in [1.29, 1.82) is 0 Å². The van der Waals surface area contributed by atoms with Gasteiger partial charge in [0, 0.05) is 6.54 Å². The van der Waals surface area contributed by atoms with Crippen molar-refractivity contribution in [2.24, 2.45) is 11.8 Å². The van der Waals surface area contributed by atoms with Gasteiger partial charge >= 0.3 is 0 Å². The van der Waals surface area contributed by atoms with Crippen molar-refractivity contribution >= 4 is 21.8 Å². The molecule has 1 heterocycles. The molecule has 0 bridgehead atoms. The largest absolute Gasteiger partial charge is 0.457 e. The van der Waals surface area contributed by atoms with Gasteiger partial charge in [0.15, 0.2) is 4.67 Å². The molecule has 1 aliphatic carbocycles. The van der Waals surface area contributed by atoms with E-state index in [4.69, 9.17) is 4.42 Å². The smallest absolute Gasteiger partial charge is 0.255 e. The highest BCUT2D eigenvalue weighted by atomic mass is 79.9. The van der Waals surface area contributed by atoms with E-state index in [0.717, 1.165) is 12.5 Å². The first kappa shape index (κ1) is 12.7. The molecule has 94 valence electrons. The minimum Gasteiger partial charge on any atom is -0.457 e. The average molecular weight is 300 g/mol. The van der Waals surface area contributed by atoms with E-state index in [1.165, 1.54) is 31.9 Å². The molecule has 1 N–H and O–H groups in total. The van der Waals surface area contributed by atoms with Gasteiger partial charge in [0.05, 0.1) is 11.8 Å². The number of halogens is 1. The molecular formula is C13H18BrNO2. The Morgan fingerprint density at radius 3 is 2.76 bits per heavy atom. The first-order valence-corrected chi connectivity index (χ1v) is 6.97. The molecule has 1 aromatic heterocycles. The second kappa shape index (κ2) is 5.71. The summed E-state index contributed by atoms with van der Waals surface area (Å²) in [6, 6.07) is 1.68. The van der Waals surface area contributed by atoms with E-state index < -0.39 is 0 Å². The van der Waals surface area contributed by atoms with Crippen molar-refractivity contribution < 1.29 is 9.21 Å². The summed E-state index contributed by atoms with van der Waals surface area (Å²) in [6.45, 7) is 3.08. The highest BCUT2D eigenvalue weighted by Crippen LogP contribution is 2.27. The van der Waals surface area contributed by atoms with Crippen LogP contribution in [0.25, 0.3) is 0 Å². The minimum absolute atomic E-state index is 0.0516. The van der Waals surface area contributed by atoms with Gasteiger partial charge in [-0.1, -0.05) is 19.8 Å². The van der Waals surface area contributed by atoms with E-state index in [9.17, 15) is 4.79 Å². The Morgan fingerprint density at radius 1 is 1.47 bits per heavy atom. The minimum atomic E-state index is -0.0516. The van der Waals surface area contributed by atoms with Gasteiger partial charge in [0.1, 0.15) is 0 Å². The fourth-order valence-electron chi connectivity index (χ4n) is 2.32. The van der Waals surface area contributed by atoms with E-state index in [-0.39, 0.29) is 5.91 Å². The number of nitrogens with one attached hydrogen (secondary N) is 1. The van der Waals surface area contributed by atoms with Gasteiger partial charge < -0.3 is 9.73 Å². The predicted octanol–water partition coefficient (Wildman–Crippen LogP) is 3.60. The molecule has 0 aromatic carbocycles. The lowest BCUT2D eigenvalue weighted by Gasteiger charge is -2.26. The lowest BCUT2D eigenvalue weighted by molar-refractivity contribution is 0.0940. The maximum atomic E-state index is 11.8. The molecule has 17 heavy (non-hydrogen) atoms. The summed E-state index contributed by atoms with van der Waals surface area (Å²) >= 11 is 3.21. The van der Waals surface area contributed by atoms with Crippen LogP contribution in [0.15, 0.2) is 21.4 Å². The maximum absolute atomic E-state index is 11.8. The molecule has 1 aliphatic rings. The highest BCUT2D eigenvalue weighted by molar-refractivity contribution is 9.10. The maximum Gasteiger partial charge on any atom is 0.255 e. The van der Waals surface area contributed by atoms with Crippen LogP contribution < -0.4 is 5.32 Å². The Balaban J connectivity index is 1.79. The number of hydrogen-bond acceptors (Lipinski definition) is 2. The van der Waals surface area contributed by atoms with Crippen LogP contribution in [0, 0.1) is 11.8 Å². The molecule has 0 saturated heterocycles. The Hall–Kier alpha value is -0.770. The number of rotatable bonds is 3. The normalized spacial score (nSPS) is 24.6. The Morgan fingerprint density at radius 2 is 2.18 bits per heavy atom. The lowest BCUT2D eigenvalue weighted by Crippen LogP contribution is -2.31. The topological polar surface area (TPSA) is 42.2 Å². The van der Waals surface area contributed by atoms with E-state index in [2.05, 4.69) is 28.2 Å². The zero-order valence-corrected chi connectivity index (χ0v) is 11.6. The summed E-state index contributed by atoms with van der Waals surface area (Å²) in [7, 11) is 0. The number of hydrogen-bond donors (Lipinski definition) is 1. The SMILES string of the molecule is CC1CCC(CNC(=O)c2ccoc2Br)CC1. The summed E-state index contributed by atoms with van der Waals surface area (Å²) in [5.74, 6) is 1.44. The second-order valence-corrected chi connectivity index (χ2v) is 5.66. The van der Waals surface area contributed by atoms with Gasteiger partial charge in [0.2, 0.25) is 0 Å². The zero-order valence-electron chi connectivity index (χ0n) is 10.0. The molecule has 1 saturated carbocycles. The summed E-state index contributed by atoms with van der Waals surface area (Å²) < 4.78 is 5.55. The van der Waals surface area contributed by atoms with Gasteiger partial charge in [-0.3, -0.25) is 4.79 Å². The molecule has 0 spiro atoms. The van der Waals surface area contributed by atoms with Crippen LogP contribution >= 0.6 is 15.9 Å². The van der Waals surface area contributed by atoms with Crippen LogP contribution in [0.3, 0.4) is 0 Å². The molecule has 0 radical (unpaired) electrons. The number of amides is 1. The zero-order chi connectivity index (χ0) is 12.3. The van der Waals surface area contributed by atoms with Crippen molar-refractivity contribution in [3.63, 3.8) is 0 Å². The molecule has 4 heteroatoms. The van der Waals surface area contributed by atoms with Crippen molar-refractivity contribution in [3.05, 3.63) is 22.6 Å². The van der Waals surface area contributed by atoms with E-state index in [1.807, 2.05) is 0 Å². The van der Waals surface area contributed by atoms with E-state index in [1.54, 1.807) is 6.07 Å². The fraction of sp³-hybridized carbons (Fsp3) is 0.615. The molecule has 2 rings (SSSR count). The Labute approximate surface area is 110 Å². The van der Waals surface area contributed by atoms with Crippen molar-refractivity contribution in [3.8, 4) is 0 Å². The highest BCUT2D eigenvalue weighted by Gasteiger charge is 2.19. The number of carbonyl (C=O) groups is 1. The summed E-state index contributed by atoms with van der Waals surface area (Å²) in [4.78, 5) is 11.8. The molecule has 3 nitrogen and oxygen atoms in total. The second-order valence-electron chi connectivity index (χ2n) is 4.94. The molecule has 1 amide bonds. The quantitative estimate of drug-likeness (QED) is 0.926. The molecule has 0 unspecified atom stereocenters. The summed E-state index contributed by atoms with van der Waals surface area (Å²) in [5.41, 5.74) is 0.578. The van der Waals surface area contributed by atoms with Crippen molar-refractivity contribution in [1.82, 2.24) is 5.32 Å². The molecule has 1 aromatic rings. The lowest BCUT2D eigenvalue weighted by atomic mass is 9.83. The first-order chi connectivity index (χ1) is 8.16. The monoisotopic (exact) mass is 299 g/mol. The number of furan rings is 1. The Kier molecular flexibility index (Phi) is 4.26. The molecule has 0 aliphatic heterocycles. The first-order valence-electron chi connectivity index (χ1n) is 6.18. The van der Waals surface area contributed by atoms with Crippen LogP contribution in [0.1, 0.15) is 43.0 Å². The van der Waals surface area contributed by atoms with Crippen LogP contribution in [-0.2, 0) is 0 Å². The van der Waals surface area contributed by atoms with Crippen LogP contribution in [0.5, 0.6) is 0 Å². The van der Waals surface area contributed by atoms with Gasteiger partial charge in [-0.2, -0.15) is 0 Å². The van der Waals surface area contributed by atoms with Crippen LogP contribution in [-0.4, -0.2) is 12.5 Å². The standard InChI is InChI=1S/C13H18BrNO2/c1-9-2-4-10(5-3-9)8-15-13(16)11-6-7-17-12(11)14/h6-7,9-10H,2-5,8H2,1H3,(H,15,16). The fourth-order valence-corrected chi connectivity index (χ4v) is 2.74. The van der Waals surface area contributed by atoms with Crippen molar-refractivity contribution in [2.45, 2.75) is 32.6 Å². The molecule has 0 atom stereocenters. The molecule has 1 fully saturated rings. The van der Waals surface area contributed by atoms with Crippen LogP contribution in [0.2, 0.25) is 0 Å². The van der Waals surface area contributed by atoms with Gasteiger partial charge in [0.25, 0.3) is 5.91 Å². The predicted molar refractivity (Wildman–Crippen MR) is 69.9 cm³/mol. The number of carbonyl (C=O) groups excluding carboxylic acids is 1. The van der Waals surface area contributed by atoms with Crippen molar-refractivity contribution in [2.75, 3.05) is 6.54 Å². The van der Waals surface area contributed by atoms with E-state index in [0.29, 0.717) is 16.2 Å². The third-order valence-corrected chi connectivity index (χ3v) is 4.16. The summed E-state index contributed by atoms with van der Waals surface area (Å²) in [6.07, 6.45) is 6.55. The molecular weight excluding hydrogens is 282 g/mol. The van der Waals surface area contributed by atoms with Crippen LogP contribution in [0.4, 0.5) is 0 Å². The van der Waals surface area contributed by atoms with Gasteiger partial charge in [-0.15, -0.1) is 0 Å². The average Bonchev–Trinajstić information content (AvgIpc) is 2.74. The third-order valence-electron chi connectivity index (χ3n) is 3.55. The van der Waals surface area contributed by atoms with Gasteiger partial charge in [-0.25, -0.2) is 0 Å². The van der Waals surface area contributed by atoms with E-state index >= 15 is 0 Å². The third kappa shape index (κ3) is 3.35. The van der Waals surface area contributed by atoms with Gasteiger partial charge in [-0.05, 0) is 46.7 Å². The summed E-state index contributed by atoms with van der Waals surface area (Å²) in [5, 5.41) is 2.98. The Bertz CT molecular complexity index is 381.